The van der Waals surface area contributed by atoms with Crippen molar-refractivity contribution in [1.29, 1.82) is 0 Å². The molecular weight excluding hydrogens is 290 g/mol. The van der Waals surface area contributed by atoms with Gasteiger partial charge in [0.15, 0.2) is 0 Å². The zero-order valence-corrected chi connectivity index (χ0v) is 13.5. The molecule has 0 unspecified atom stereocenters. The van der Waals surface area contributed by atoms with E-state index in [1.54, 1.807) is 10.9 Å². The summed E-state index contributed by atoms with van der Waals surface area (Å²) in [6, 6.07) is -0.0194. The molecule has 2 aromatic heterocycles. The Morgan fingerprint density at radius 2 is 2.14 bits per heavy atom. The third-order valence-corrected chi connectivity index (χ3v) is 3.59. The van der Waals surface area contributed by atoms with E-state index in [1.807, 2.05) is 27.1 Å². The summed E-state index contributed by atoms with van der Waals surface area (Å²) >= 11 is 6.13. The molecule has 0 aliphatic heterocycles. The summed E-state index contributed by atoms with van der Waals surface area (Å²) in [5, 5.41) is 11.8. The van der Waals surface area contributed by atoms with Crippen LogP contribution in [-0.2, 0) is 20.0 Å². The van der Waals surface area contributed by atoms with Crippen LogP contribution in [0.1, 0.15) is 38.1 Å². The number of aryl methyl sites for hydroxylation is 2. The van der Waals surface area contributed by atoms with Crippen LogP contribution in [-0.4, -0.2) is 19.6 Å². The zero-order chi connectivity index (χ0) is 15.6. The van der Waals surface area contributed by atoms with Gasteiger partial charge in [-0.05, 0) is 20.3 Å². The minimum Gasteiger partial charge on any atom is -0.378 e. The second kappa shape index (κ2) is 6.30. The number of nitrogens with zero attached hydrogens (tertiary/aromatic N) is 4. The SMILES string of the molecule is CCc1nn(C)cc1CNc1cnn(C(C)C)c(=O)c1Cl. The van der Waals surface area contributed by atoms with Crippen LogP contribution < -0.4 is 10.9 Å². The van der Waals surface area contributed by atoms with E-state index in [1.165, 1.54) is 4.68 Å². The lowest BCUT2D eigenvalue weighted by atomic mass is 10.2. The van der Waals surface area contributed by atoms with Gasteiger partial charge in [0.05, 0.1) is 23.6 Å². The lowest BCUT2D eigenvalue weighted by Gasteiger charge is -2.12. The van der Waals surface area contributed by atoms with E-state index in [-0.39, 0.29) is 16.6 Å². The van der Waals surface area contributed by atoms with Gasteiger partial charge in [-0.2, -0.15) is 10.2 Å². The van der Waals surface area contributed by atoms with Crippen molar-refractivity contribution in [3.8, 4) is 0 Å². The summed E-state index contributed by atoms with van der Waals surface area (Å²) in [5.41, 5.74) is 2.39. The van der Waals surface area contributed by atoms with E-state index in [9.17, 15) is 4.79 Å². The first-order valence-electron chi connectivity index (χ1n) is 6.96. The minimum atomic E-state index is -0.279. The van der Waals surface area contributed by atoms with E-state index in [0.29, 0.717) is 12.2 Å². The van der Waals surface area contributed by atoms with Crippen molar-refractivity contribution in [2.45, 2.75) is 39.8 Å². The van der Waals surface area contributed by atoms with E-state index in [0.717, 1.165) is 17.7 Å². The van der Waals surface area contributed by atoms with Crippen LogP contribution in [0.15, 0.2) is 17.2 Å². The van der Waals surface area contributed by atoms with Crippen LogP contribution in [0.4, 0.5) is 5.69 Å². The smallest absolute Gasteiger partial charge is 0.287 e. The van der Waals surface area contributed by atoms with Gasteiger partial charge in [-0.15, -0.1) is 0 Å². The highest BCUT2D eigenvalue weighted by molar-refractivity contribution is 6.32. The Hall–Kier alpha value is -1.82. The topological polar surface area (TPSA) is 64.7 Å². The monoisotopic (exact) mass is 309 g/mol. The lowest BCUT2D eigenvalue weighted by molar-refractivity contribution is 0.503. The normalized spacial score (nSPS) is 11.1. The van der Waals surface area contributed by atoms with Crippen LogP contribution in [0.5, 0.6) is 0 Å². The predicted octanol–water partition coefficient (Wildman–Crippen LogP) is 2.39. The van der Waals surface area contributed by atoms with Gasteiger partial charge in [0, 0.05) is 25.4 Å². The van der Waals surface area contributed by atoms with Gasteiger partial charge in [-0.25, -0.2) is 4.68 Å². The molecule has 0 bridgehead atoms. The summed E-state index contributed by atoms with van der Waals surface area (Å²) in [6.45, 7) is 6.40. The Morgan fingerprint density at radius 1 is 1.43 bits per heavy atom. The summed E-state index contributed by atoms with van der Waals surface area (Å²) in [6.07, 6.45) is 4.41. The molecule has 0 aliphatic carbocycles. The molecule has 0 spiro atoms. The molecule has 2 aromatic rings. The zero-order valence-electron chi connectivity index (χ0n) is 12.7. The van der Waals surface area contributed by atoms with Crippen molar-refractivity contribution in [2.24, 2.45) is 7.05 Å². The summed E-state index contributed by atoms with van der Waals surface area (Å²) in [7, 11) is 1.89. The van der Waals surface area contributed by atoms with Crippen molar-refractivity contribution >= 4 is 17.3 Å². The Labute approximate surface area is 128 Å². The Kier molecular flexibility index (Phi) is 4.67. The first kappa shape index (κ1) is 15.6. The number of hydrogen-bond acceptors (Lipinski definition) is 4. The molecule has 114 valence electrons. The molecule has 0 aromatic carbocycles. The second-order valence-corrected chi connectivity index (χ2v) is 5.58. The van der Waals surface area contributed by atoms with Gasteiger partial charge < -0.3 is 5.32 Å². The predicted molar refractivity (Wildman–Crippen MR) is 83.8 cm³/mol. The molecule has 0 saturated carbocycles. The Morgan fingerprint density at radius 3 is 2.76 bits per heavy atom. The van der Waals surface area contributed by atoms with Crippen molar-refractivity contribution in [3.05, 3.63) is 39.0 Å². The summed E-state index contributed by atoms with van der Waals surface area (Å²) < 4.78 is 3.15. The first-order valence-corrected chi connectivity index (χ1v) is 7.34. The molecule has 0 amide bonds. The van der Waals surface area contributed by atoms with Crippen LogP contribution in [0.3, 0.4) is 0 Å². The van der Waals surface area contributed by atoms with E-state index >= 15 is 0 Å². The molecule has 0 aliphatic rings. The number of aromatic nitrogens is 4. The third kappa shape index (κ3) is 3.26. The van der Waals surface area contributed by atoms with Crippen LogP contribution in [0.25, 0.3) is 0 Å². The fraction of sp³-hybridized carbons (Fsp3) is 0.500. The van der Waals surface area contributed by atoms with E-state index in [4.69, 9.17) is 11.6 Å². The molecule has 2 rings (SSSR count). The first-order chi connectivity index (χ1) is 9.93. The van der Waals surface area contributed by atoms with Gasteiger partial charge in [-0.1, -0.05) is 18.5 Å². The van der Waals surface area contributed by atoms with Crippen molar-refractivity contribution < 1.29 is 0 Å². The van der Waals surface area contributed by atoms with Crippen LogP contribution in [0.2, 0.25) is 5.02 Å². The summed E-state index contributed by atoms with van der Waals surface area (Å²) in [5.74, 6) is 0. The molecule has 1 N–H and O–H groups in total. The largest absolute Gasteiger partial charge is 0.378 e. The number of halogens is 1. The Balaban J connectivity index is 2.21. The van der Waals surface area contributed by atoms with Crippen LogP contribution >= 0.6 is 11.6 Å². The molecule has 2 heterocycles. The maximum absolute atomic E-state index is 12.1. The molecule has 0 fully saturated rings. The maximum atomic E-state index is 12.1. The van der Waals surface area contributed by atoms with Crippen molar-refractivity contribution in [3.63, 3.8) is 0 Å². The van der Waals surface area contributed by atoms with Gasteiger partial charge >= 0.3 is 0 Å². The molecule has 6 nitrogen and oxygen atoms in total. The highest BCUT2D eigenvalue weighted by atomic mass is 35.5. The highest BCUT2D eigenvalue weighted by Crippen LogP contribution is 2.18. The molecule has 0 saturated heterocycles. The van der Waals surface area contributed by atoms with Gasteiger partial charge in [0.25, 0.3) is 5.56 Å². The molecule has 21 heavy (non-hydrogen) atoms. The number of hydrogen-bond donors (Lipinski definition) is 1. The molecular formula is C14H20ClN5O. The van der Waals surface area contributed by atoms with Gasteiger partial charge in [0.2, 0.25) is 0 Å². The average molecular weight is 310 g/mol. The maximum Gasteiger partial charge on any atom is 0.287 e. The molecule has 7 heteroatoms. The average Bonchev–Trinajstić information content (AvgIpc) is 2.80. The Bertz CT molecular complexity index is 689. The summed E-state index contributed by atoms with van der Waals surface area (Å²) in [4.78, 5) is 12.1. The standard InChI is InChI=1S/C14H20ClN5O/c1-5-11-10(8-19(4)18-11)6-16-12-7-17-20(9(2)3)14(21)13(12)15/h7-9,16H,5-6H2,1-4H3. The van der Waals surface area contributed by atoms with E-state index < -0.39 is 0 Å². The third-order valence-electron chi connectivity index (χ3n) is 3.23. The number of nitrogens with one attached hydrogen (secondary N) is 1. The van der Waals surface area contributed by atoms with Crippen LogP contribution in [0, 0.1) is 0 Å². The fourth-order valence-corrected chi connectivity index (χ4v) is 2.36. The second-order valence-electron chi connectivity index (χ2n) is 5.20. The van der Waals surface area contributed by atoms with E-state index in [2.05, 4.69) is 22.4 Å². The minimum absolute atomic E-state index is 0.0194. The number of rotatable bonds is 5. The lowest BCUT2D eigenvalue weighted by Crippen LogP contribution is -2.25. The molecule has 0 atom stereocenters. The van der Waals surface area contributed by atoms with Crippen molar-refractivity contribution in [1.82, 2.24) is 19.6 Å². The van der Waals surface area contributed by atoms with Crippen molar-refractivity contribution in [2.75, 3.05) is 5.32 Å². The fourth-order valence-electron chi connectivity index (χ4n) is 2.16. The van der Waals surface area contributed by atoms with Gasteiger partial charge in [0.1, 0.15) is 5.02 Å². The molecule has 0 radical (unpaired) electrons. The van der Waals surface area contributed by atoms with Gasteiger partial charge in [-0.3, -0.25) is 9.48 Å². The number of anilines is 1. The highest BCUT2D eigenvalue weighted by Gasteiger charge is 2.12. The quantitative estimate of drug-likeness (QED) is 0.921.